The standard InChI is InChI=1S/C3H7O.In/c1-2-3-4;/h2-3H2,1H3;/q-1;+1. The molecular weight excluding hydrogens is 167 g/mol. The van der Waals surface area contributed by atoms with E-state index in [1.807, 2.05) is 0 Å². The average molecular weight is 174 g/mol. The fourth-order valence-corrected chi connectivity index (χ4v) is 0.791. The summed E-state index contributed by atoms with van der Waals surface area (Å²) in [5, 5.41) is 0. The van der Waals surface area contributed by atoms with Gasteiger partial charge in [-0.1, -0.05) is 0 Å². The van der Waals surface area contributed by atoms with E-state index in [9.17, 15) is 0 Å². The monoisotopic (exact) mass is 174 g/mol. The molecule has 0 aliphatic carbocycles. The van der Waals surface area contributed by atoms with Crippen LogP contribution in [0, 0.1) is 0 Å². The van der Waals surface area contributed by atoms with Crippen molar-refractivity contribution in [1.29, 1.82) is 0 Å². The minimum atomic E-state index is 0.947. The van der Waals surface area contributed by atoms with Crippen LogP contribution in [-0.4, -0.2) is 31.4 Å². The molecule has 5 heavy (non-hydrogen) atoms. The van der Waals surface area contributed by atoms with Crippen LogP contribution >= 0.6 is 0 Å². The van der Waals surface area contributed by atoms with E-state index in [1.165, 1.54) is 0 Å². The molecule has 28 valence electrons. The second-order valence-electron chi connectivity index (χ2n) is 0.871. The molecule has 0 heterocycles. The Balaban J connectivity index is 2.19. The van der Waals surface area contributed by atoms with Crippen molar-refractivity contribution in [3.63, 3.8) is 0 Å². The van der Waals surface area contributed by atoms with Gasteiger partial charge in [-0.25, -0.2) is 0 Å². The summed E-state index contributed by atoms with van der Waals surface area (Å²) < 4.78 is 4.82. The molecule has 0 aromatic carbocycles. The van der Waals surface area contributed by atoms with Crippen molar-refractivity contribution in [3.8, 4) is 0 Å². The molecule has 0 atom stereocenters. The fraction of sp³-hybridized carbons (Fsp3) is 1.00. The Hall–Kier alpha value is 0.830. The van der Waals surface area contributed by atoms with Crippen LogP contribution < -0.4 is 0 Å². The molecule has 1 nitrogen and oxygen atoms in total. The second-order valence-corrected chi connectivity index (χ2v) is 1.82. The molecule has 0 N–H and O–H groups in total. The molecule has 0 amide bonds. The number of rotatable bonds is 2. The zero-order valence-electron chi connectivity index (χ0n) is 3.40. The molecule has 0 aliphatic rings. The van der Waals surface area contributed by atoms with Gasteiger partial charge in [0, 0.05) is 0 Å². The quantitative estimate of drug-likeness (QED) is 0.592. The third-order valence-corrected chi connectivity index (χ3v) is 0.995. The van der Waals surface area contributed by atoms with E-state index in [0.717, 1.165) is 37.8 Å². The van der Waals surface area contributed by atoms with Gasteiger partial charge in [-0.2, -0.15) is 0 Å². The van der Waals surface area contributed by atoms with Crippen molar-refractivity contribution in [2.75, 3.05) is 6.61 Å². The predicted molar refractivity (Wildman–Crippen MR) is 22.0 cm³/mol. The summed E-state index contributed by atoms with van der Waals surface area (Å²) in [6.07, 6.45) is 1.15. The Bertz CT molecular complexity index is 14.4. The molecule has 0 bridgehead atoms. The van der Waals surface area contributed by atoms with Crippen molar-refractivity contribution in [1.82, 2.24) is 0 Å². The van der Waals surface area contributed by atoms with E-state index >= 15 is 0 Å². The van der Waals surface area contributed by atoms with Gasteiger partial charge >= 0.3 is 47.6 Å². The first-order valence-electron chi connectivity index (χ1n) is 1.73. The maximum atomic E-state index is 4.82. The van der Waals surface area contributed by atoms with Gasteiger partial charge in [-0.05, 0) is 0 Å². The summed E-state index contributed by atoms with van der Waals surface area (Å²) in [6, 6.07) is 0. The molecule has 0 fully saturated rings. The van der Waals surface area contributed by atoms with Gasteiger partial charge in [0.2, 0.25) is 0 Å². The molecule has 0 rings (SSSR count). The van der Waals surface area contributed by atoms with Crippen LogP contribution in [0.15, 0.2) is 0 Å². The van der Waals surface area contributed by atoms with Crippen LogP contribution in [0.2, 0.25) is 0 Å². The number of hydrogen-bond donors (Lipinski definition) is 0. The molecule has 0 aromatic rings. The van der Waals surface area contributed by atoms with Crippen LogP contribution in [-0.2, 0) is 2.85 Å². The molecule has 0 spiro atoms. The molecule has 0 aliphatic heterocycles. The molecule has 0 saturated heterocycles. The van der Waals surface area contributed by atoms with E-state index in [2.05, 4.69) is 6.92 Å². The van der Waals surface area contributed by atoms with Crippen molar-refractivity contribution < 1.29 is 2.85 Å². The van der Waals surface area contributed by atoms with Gasteiger partial charge in [0.1, 0.15) is 0 Å². The van der Waals surface area contributed by atoms with E-state index in [1.54, 1.807) is 0 Å². The molecule has 2 heteroatoms. The Labute approximate surface area is 47.9 Å². The van der Waals surface area contributed by atoms with E-state index in [-0.39, 0.29) is 0 Å². The van der Waals surface area contributed by atoms with Crippen LogP contribution in [0.4, 0.5) is 0 Å². The fourth-order valence-electron chi connectivity index (χ4n) is 0.118. The van der Waals surface area contributed by atoms with Crippen molar-refractivity contribution in [2.24, 2.45) is 0 Å². The first kappa shape index (κ1) is 5.83. The van der Waals surface area contributed by atoms with Gasteiger partial charge in [-0.15, -0.1) is 0 Å². The third kappa shape index (κ3) is 4.83. The number of hydrogen-bond acceptors (Lipinski definition) is 1. The summed E-state index contributed by atoms with van der Waals surface area (Å²) in [5.41, 5.74) is 0. The van der Waals surface area contributed by atoms with E-state index in [0.29, 0.717) is 0 Å². The molecular formula is C3H7InO. The molecule has 0 unspecified atom stereocenters. The summed E-state index contributed by atoms with van der Waals surface area (Å²) in [6.45, 7) is 3.05. The topological polar surface area (TPSA) is 9.23 Å². The van der Waals surface area contributed by atoms with E-state index in [4.69, 9.17) is 2.85 Å². The van der Waals surface area contributed by atoms with Crippen molar-refractivity contribution in [2.45, 2.75) is 13.3 Å². The summed E-state index contributed by atoms with van der Waals surface area (Å²) in [5.74, 6) is 0. The van der Waals surface area contributed by atoms with Crippen molar-refractivity contribution in [3.05, 3.63) is 0 Å². The Kier molecular flexibility index (Phi) is 5.63. The Morgan fingerprint density at radius 3 is 2.40 bits per heavy atom. The minimum absolute atomic E-state index is 0.947. The summed E-state index contributed by atoms with van der Waals surface area (Å²) in [4.78, 5) is 0. The third-order valence-electron chi connectivity index (χ3n) is 0.322. The second kappa shape index (κ2) is 4.83. The summed E-state index contributed by atoms with van der Waals surface area (Å²) >= 11 is 0.951. The van der Waals surface area contributed by atoms with Gasteiger partial charge < -0.3 is 0 Å². The zero-order chi connectivity index (χ0) is 4.12. The molecule has 2 radical (unpaired) electrons. The normalized spacial score (nSPS) is 8.20. The average Bonchev–Trinajstić information content (AvgIpc) is 1.41. The first-order valence-corrected chi connectivity index (χ1v) is 3.08. The molecule has 0 saturated carbocycles. The summed E-state index contributed by atoms with van der Waals surface area (Å²) in [7, 11) is 0. The van der Waals surface area contributed by atoms with Crippen LogP contribution in [0.5, 0.6) is 0 Å². The van der Waals surface area contributed by atoms with Crippen LogP contribution in [0.3, 0.4) is 0 Å². The van der Waals surface area contributed by atoms with Crippen molar-refractivity contribution >= 4 is 24.8 Å². The Morgan fingerprint density at radius 2 is 2.40 bits per heavy atom. The van der Waals surface area contributed by atoms with Gasteiger partial charge in [0.15, 0.2) is 0 Å². The van der Waals surface area contributed by atoms with Gasteiger partial charge in [0.25, 0.3) is 0 Å². The van der Waals surface area contributed by atoms with Gasteiger partial charge in [-0.3, -0.25) is 0 Å². The van der Waals surface area contributed by atoms with Crippen LogP contribution in [0.25, 0.3) is 0 Å². The Morgan fingerprint density at radius 1 is 1.80 bits per heavy atom. The first-order chi connectivity index (χ1) is 2.41. The predicted octanol–water partition coefficient (Wildman–Crippen LogP) is 0.496. The van der Waals surface area contributed by atoms with E-state index < -0.39 is 0 Å². The maximum absolute atomic E-state index is 4.82. The van der Waals surface area contributed by atoms with Gasteiger partial charge in [0.05, 0.1) is 0 Å². The molecule has 0 aromatic heterocycles. The SMILES string of the molecule is CCC[O][In]. The van der Waals surface area contributed by atoms with Crippen LogP contribution in [0.1, 0.15) is 13.3 Å². The zero-order valence-corrected chi connectivity index (χ0v) is 6.70.